The zero-order valence-corrected chi connectivity index (χ0v) is 36.4. The topological polar surface area (TPSA) is 13.1 Å². The van der Waals surface area contributed by atoms with Gasteiger partial charge in [-0.15, -0.1) is 0 Å². The van der Waals surface area contributed by atoms with Crippen molar-refractivity contribution in [2.45, 2.75) is 26.2 Å². The molecular formula is C62H47N3. The van der Waals surface area contributed by atoms with E-state index in [1.807, 2.05) is 0 Å². The highest BCUT2D eigenvalue weighted by Crippen LogP contribution is 2.41. The molecular weight excluding hydrogens is 787 g/mol. The Morgan fingerprint density at radius 2 is 0.815 bits per heavy atom. The van der Waals surface area contributed by atoms with Crippen LogP contribution >= 0.6 is 0 Å². The summed E-state index contributed by atoms with van der Waals surface area (Å²) in [7, 11) is 0. The summed E-state index contributed by atoms with van der Waals surface area (Å²) in [5, 5.41) is 7.60. The molecule has 65 heavy (non-hydrogen) atoms. The first-order chi connectivity index (χ1) is 32.2. The Morgan fingerprint density at radius 3 is 1.42 bits per heavy atom. The van der Waals surface area contributed by atoms with Crippen molar-refractivity contribution in [1.82, 2.24) is 9.13 Å². The van der Waals surface area contributed by atoms with Crippen LogP contribution in [-0.4, -0.2) is 9.13 Å². The maximum absolute atomic E-state index is 2.49. The minimum Gasteiger partial charge on any atom is -0.311 e. The molecule has 10 aromatic carbocycles. The van der Waals surface area contributed by atoms with Crippen LogP contribution < -0.4 is 4.90 Å². The molecule has 12 aromatic rings. The van der Waals surface area contributed by atoms with Crippen LogP contribution in [0.25, 0.3) is 88.0 Å². The number of rotatable bonds is 10. The average Bonchev–Trinajstić information content (AvgIpc) is 3.88. The summed E-state index contributed by atoms with van der Waals surface area (Å²) in [4.78, 5) is 2.30. The van der Waals surface area contributed by atoms with Crippen LogP contribution in [0.5, 0.6) is 0 Å². The van der Waals surface area contributed by atoms with Gasteiger partial charge in [0.15, 0.2) is 0 Å². The monoisotopic (exact) mass is 833 g/mol. The third-order valence-corrected chi connectivity index (χ3v) is 13.3. The lowest BCUT2D eigenvalue weighted by molar-refractivity contribution is 0.795. The number of hydrogen-bond acceptors (Lipinski definition) is 1. The molecule has 0 saturated carbocycles. The van der Waals surface area contributed by atoms with Crippen molar-refractivity contribution in [3.63, 3.8) is 0 Å². The van der Waals surface area contributed by atoms with Gasteiger partial charge in [-0.05, 0) is 137 Å². The van der Waals surface area contributed by atoms with Gasteiger partial charge in [0.25, 0.3) is 0 Å². The molecule has 310 valence electrons. The fourth-order valence-corrected chi connectivity index (χ4v) is 10.1. The quantitative estimate of drug-likeness (QED) is 0.134. The SMILES string of the molecule is CCCCc1cc(-n2c3ccccc3c3cc(-c4ccc5c(c4)c4ccccc4n5-c4ccc(-c5ccc(N(c6ccccc6)c6ccccc6)cc5)cc4)ccc32)c2ccccc2c1. The second kappa shape index (κ2) is 16.2. The third kappa shape index (κ3) is 6.76. The minimum atomic E-state index is 1.08. The van der Waals surface area contributed by atoms with Crippen molar-refractivity contribution in [2.75, 3.05) is 4.90 Å². The van der Waals surface area contributed by atoms with Gasteiger partial charge >= 0.3 is 0 Å². The molecule has 2 aromatic heterocycles. The van der Waals surface area contributed by atoms with E-state index >= 15 is 0 Å². The molecule has 0 unspecified atom stereocenters. The lowest BCUT2D eigenvalue weighted by Crippen LogP contribution is -2.09. The van der Waals surface area contributed by atoms with Crippen molar-refractivity contribution in [3.8, 4) is 33.6 Å². The van der Waals surface area contributed by atoms with E-state index in [1.165, 1.54) is 101 Å². The first kappa shape index (κ1) is 38.5. The molecule has 0 N–H and O–H groups in total. The number of benzene rings is 10. The number of unbranched alkanes of at least 4 members (excludes halogenated alkanes) is 1. The standard InChI is InChI=1S/C62H47N3/c1-2-3-16-43-39-48-17-10-11-22-53(48)62(40-43)65-59-26-15-13-24-55(59)57-42-47(32-38-61(57)65)46-31-37-60-56(41-46)54-23-12-14-25-58(54)64(60)52-35-29-45(30-36-52)44-27-33-51(34-28-44)63(49-18-6-4-7-19-49)50-20-8-5-9-21-50/h4-15,17-42H,2-3,16H2,1H3. The number of anilines is 3. The Kier molecular flexibility index (Phi) is 9.60. The summed E-state index contributed by atoms with van der Waals surface area (Å²) in [5.74, 6) is 0. The predicted octanol–water partition coefficient (Wildman–Crippen LogP) is 17.2. The smallest absolute Gasteiger partial charge is 0.0543 e. The normalized spacial score (nSPS) is 11.6. The van der Waals surface area contributed by atoms with Crippen molar-refractivity contribution in [3.05, 3.63) is 236 Å². The number of aryl methyl sites for hydroxylation is 1. The Morgan fingerprint density at radius 1 is 0.354 bits per heavy atom. The summed E-state index contributed by atoms with van der Waals surface area (Å²) in [6, 6.07) is 84.5. The molecule has 0 radical (unpaired) electrons. The molecule has 0 saturated heterocycles. The first-order valence-corrected chi connectivity index (χ1v) is 22.9. The first-order valence-electron chi connectivity index (χ1n) is 22.9. The van der Waals surface area contributed by atoms with E-state index < -0.39 is 0 Å². The Labute approximate surface area is 379 Å². The fraction of sp³-hybridized carbons (Fsp3) is 0.0645. The van der Waals surface area contributed by atoms with Gasteiger partial charge in [0.05, 0.1) is 27.8 Å². The van der Waals surface area contributed by atoms with Gasteiger partial charge in [-0.1, -0.05) is 153 Å². The minimum absolute atomic E-state index is 1.08. The molecule has 0 aliphatic carbocycles. The van der Waals surface area contributed by atoms with E-state index in [-0.39, 0.29) is 0 Å². The van der Waals surface area contributed by atoms with Crippen LogP contribution in [0.4, 0.5) is 17.1 Å². The Balaban J connectivity index is 0.906. The summed E-state index contributed by atoms with van der Waals surface area (Å²) in [6.45, 7) is 2.27. The van der Waals surface area contributed by atoms with Crippen LogP contribution in [-0.2, 0) is 6.42 Å². The molecule has 0 spiro atoms. The second-order valence-corrected chi connectivity index (χ2v) is 17.2. The highest BCUT2D eigenvalue weighted by Gasteiger charge is 2.18. The number of hydrogen-bond donors (Lipinski definition) is 0. The van der Waals surface area contributed by atoms with Gasteiger partial charge in [0.1, 0.15) is 0 Å². The summed E-state index contributed by atoms with van der Waals surface area (Å²) < 4.78 is 4.91. The second-order valence-electron chi connectivity index (χ2n) is 17.2. The van der Waals surface area contributed by atoms with E-state index in [0.717, 1.165) is 29.2 Å². The molecule has 3 nitrogen and oxygen atoms in total. The van der Waals surface area contributed by atoms with Crippen molar-refractivity contribution >= 4 is 71.4 Å². The molecule has 0 bridgehead atoms. The third-order valence-electron chi connectivity index (χ3n) is 13.3. The summed E-state index contributed by atoms with van der Waals surface area (Å²) >= 11 is 0. The molecule has 12 rings (SSSR count). The van der Waals surface area contributed by atoms with Crippen LogP contribution in [0.3, 0.4) is 0 Å². The predicted molar refractivity (Wildman–Crippen MR) is 277 cm³/mol. The maximum Gasteiger partial charge on any atom is 0.0543 e. The van der Waals surface area contributed by atoms with Crippen LogP contribution in [0, 0.1) is 0 Å². The highest BCUT2D eigenvalue weighted by atomic mass is 15.1. The van der Waals surface area contributed by atoms with Crippen LogP contribution in [0.2, 0.25) is 0 Å². The lowest BCUT2D eigenvalue weighted by Gasteiger charge is -2.25. The lowest BCUT2D eigenvalue weighted by atomic mass is 10.00. The van der Waals surface area contributed by atoms with Crippen molar-refractivity contribution in [1.29, 1.82) is 0 Å². The fourth-order valence-electron chi connectivity index (χ4n) is 10.1. The van der Waals surface area contributed by atoms with E-state index in [9.17, 15) is 0 Å². The molecule has 0 aliphatic rings. The van der Waals surface area contributed by atoms with E-state index in [4.69, 9.17) is 0 Å². The van der Waals surface area contributed by atoms with E-state index in [1.54, 1.807) is 0 Å². The molecule has 0 aliphatic heterocycles. The molecule has 3 heteroatoms. The zero-order valence-electron chi connectivity index (χ0n) is 36.4. The van der Waals surface area contributed by atoms with Crippen molar-refractivity contribution < 1.29 is 0 Å². The Hall–Kier alpha value is -8.14. The molecule has 0 atom stereocenters. The number of para-hydroxylation sites is 4. The largest absolute Gasteiger partial charge is 0.311 e. The van der Waals surface area contributed by atoms with E-state index in [2.05, 4.69) is 251 Å². The summed E-state index contributed by atoms with van der Waals surface area (Å²) in [5.41, 5.74) is 16.8. The van der Waals surface area contributed by atoms with Gasteiger partial charge in [-0.2, -0.15) is 0 Å². The maximum atomic E-state index is 2.49. The molecule has 0 fully saturated rings. The number of aromatic nitrogens is 2. The average molecular weight is 834 g/mol. The molecule has 2 heterocycles. The van der Waals surface area contributed by atoms with Crippen molar-refractivity contribution in [2.24, 2.45) is 0 Å². The number of fused-ring (bicyclic) bond motifs is 7. The van der Waals surface area contributed by atoms with Gasteiger partial charge in [0.2, 0.25) is 0 Å². The van der Waals surface area contributed by atoms with Gasteiger partial charge in [-0.25, -0.2) is 0 Å². The van der Waals surface area contributed by atoms with Gasteiger partial charge in [-0.3, -0.25) is 0 Å². The number of nitrogens with zero attached hydrogens (tertiary/aromatic N) is 3. The van der Waals surface area contributed by atoms with Gasteiger partial charge < -0.3 is 14.0 Å². The van der Waals surface area contributed by atoms with Crippen LogP contribution in [0.15, 0.2) is 231 Å². The van der Waals surface area contributed by atoms with Gasteiger partial charge in [0, 0.05) is 49.7 Å². The summed E-state index contributed by atoms with van der Waals surface area (Å²) in [6.07, 6.45) is 3.45. The highest BCUT2D eigenvalue weighted by molar-refractivity contribution is 6.13. The van der Waals surface area contributed by atoms with E-state index in [0.29, 0.717) is 0 Å². The zero-order chi connectivity index (χ0) is 43.3. The Bertz CT molecular complexity index is 3630. The van der Waals surface area contributed by atoms with Crippen LogP contribution in [0.1, 0.15) is 25.3 Å². The molecule has 0 amide bonds.